The van der Waals surface area contributed by atoms with Gasteiger partial charge < -0.3 is 5.32 Å². The summed E-state index contributed by atoms with van der Waals surface area (Å²) >= 11 is 0. The summed E-state index contributed by atoms with van der Waals surface area (Å²) in [5, 5.41) is 11.0. The van der Waals surface area contributed by atoms with Gasteiger partial charge >= 0.3 is 0 Å². The molecule has 118 valence electrons. The standard InChI is InChI=1S/C18H26N4/c1-13(2)18-16(12-20-22-18)14-9-10-19-17(11-14)21-15-7-5-3-4-6-8-15/h9-13,15H,3-8H2,1-2H3,(H,19,21)(H,20,22). The third-order valence-corrected chi connectivity index (χ3v) is 4.52. The summed E-state index contributed by atoms with van der Waals surface area (Å²) < 4.78 is 0. The van der Waals surface area contributed by atoms with Gasteiger partial charge in [0.1, 0.15) is 5.82 Å². The van der Waals surface area contributed by atoms with Crippen molar-refractivity contribution in [2.24, 2.45) is 0 Å². The van der Waals surface area contributed by atoms with Crippen molar-refractivity contribution in [1.82, 2.24) is 15.2 Å². The van der Waals surface area contributed by atoms with Crippen LogP contribution in [0.4, 0.5) is 5.82 Å². The Balaban J connectivity index is 1.78. The molecule has 0 aliphatic heterocycles. The van der Waals surface area contributed by atoms with Crippen LogP contribution in [0, 0.1) is 0 Å². The molecule has 3 rings (SSSR count). The van der Waals surface area contributed by atoms with Crippen LogP contribution in [0.25, 0.3) is 11.1 Å². The fourth-order valence-corrected chi connectivity index (χ4v) is 3.28. The molecule has 2 heterocycles. The minimum absolute atomic E-state index is 0.434. The summed E-state index contributed by atoms with van der Waals surface area (Å²) in [6, 6.07) is 4.79. The molecule has 22 heavy (non-hydrogen) atoms. The fourth-order valence-electron chi connectivity index (χ4n) is 3.28. The number of nitrogens with one attached hydrogen (secondary N) is 2. The second-order valence-electron chi connectivity index (χ2n) is 6.61. The Bertz CT molecular complexity index is 595. The molecule has 2 N–H and O–H groups in total. The van der Waals surface area contributed by atoms with Crippen LogP contribution in [0.5, 0.6) is 0 Å². The van der Waals surface area contributed by atoms with Crippen LogP contribution in [-0.2, 0) is 0 Å². The first-order valence-electron chi connectivity index (χ1n) is 8.50. The Morgan fingerprint density at radius 1 is 1.18 bits per heavy atom. The molecule has 0 atom stereocenters. The molecular formula is C18H26N4. The van der Waals surface area contributed by atoms with Gasteiger partial charge in [-0.15, -0.1) is 0 Å². The third-order valence-electron chi connectivity index (χ3n) is 4.52. The Kier molecular flexibility index (Phi) is 4.76. The summed E-state index contributed by atoms with van der Waals surface area (Å²) in [5.74, 6) is 1.42. The first kappa shape index (κ1) is 15.1. The van der Waals surface area contributed by atoms with Crippen molar-refractivity contribution >= 4 is 5.82 Å². The van der Waals surface area contributed by atoms with E-state index in [0.29, 0.717) is 12.0 Å². The van der Waals surface area contributed by atoms with E-state index in [-0.39, 0.29) is 0 Å². The lowest BCUT2D eigenvalue weighted by Crippen LogP contribution is -2.18. The maximum absolute atomic E-state index is 4.51. The van der Waals surface area contributed by atoms with Crippen molar-refractivity contribution in [1.29, 1.82) is 0 Å². The summed E-state index contributed by atoms with van der Waals surface area (Å²) in [7, 11) is 0. The topological polar surface area (TPSA) is 53.6 Å². The van der Waals surface area contributed by atoms with Gasteiger partial charge in [-0.05, 0) is 36.5 Å². The first-order valence-corrected chi connectivity index (χ1v) is 8.50. The molecule has 0 unspecified atom stereocenters. The molecule has 1 saturated carbocycles. The van der Waals surface area contributed by atoms with Crippen molar-refractivity contribution in [3.63, 3.8) is 0 Å². The Hall–Kier alpha value is -1.84. The van der Waals surface area contributed by atoms with E-state index in [2.05, 4.69) is 46.5 Å². The first-order chi connectivity index (χ1) is 10.7. The smallest absolute Gasteiger partial charge is 0.126 e. The number of aromatic amines is 1. The highest BCUT2D eigenvalue weighted by atomic mass is 15.1. The van der Waals surface area contributed by atoms with E-state index in [9.17, 15) is 0 Å². The second-order valence-corrected chi connectivity index (χ2v) is 6.61. The van der Waals surface area contributed by atoms with Crippen LogP contribution < -0.4 is 5.32 Å². The maximum Gasteiger partial charge on any atom is 0.126 e. The highest BCUT2D eigenvalue weighted by Gasteiger charge is 2.14. The summed E-state index contributed by atoms with van der Waals surface area (Å²) in [4.78, 5) is 4.51. The number of hydrogen-bond donors (Lipinski definition) is 2. The minimum Gasteiger partial charge on any atom is -0.367 e. The van der Waals surface area contributed by atoms with Gasteiger partial charge in [-0.25, -0.2) is 4.98 Å². The molecule has 1 fully saturated rings. The minimum atomic E-state index is 0.434. The highest BCUT2D eigenvalue weighted by Crippen LogP contribution is 2.29. The van der Waals surface area contributed by atoms with E-state index in [1.165, 1.54) is 55.3 Å². The average Bonchev–Trinajstić information content (AvgIpc) is 2.88. The third kappa shape index (κ3) is 3.49. The Morgan fingerprint density at radius 3 is 2.68 bits per heavy atom. The van der Waals surface area contributed by atoms with Gasteiger partial charge in [-0.3, -0.25) is 5.10 Å². The summed E-state index contributed by atoms with van der Waals surface area (Å²) in [6.45, 7) is 4.37. The molecular weight excluding hydrogens is 272 g/mol. The lowest BCUT2D eigenvalue weighted by Gasteiger charge is -2.17. The van der Waals surface area contributed by atoms with Gasteiger partial charge in [0.05, 0.1) is 6.20 Å². The van der Waals surface area contributed by atoms with Crippen molar-refractivity contribution < 1.29 is 0 Å². The molecule has 2 aromatic heterocycles. The molecule has 1 aliphatic rings. The number of anilines is 1. The zero-order valence-corrected chi connectivity index (χ0v) is 13.6. The number of H-pyrrole nitrogens is 1. The zero-order chi connectivity index (χ0) is 15.4. The molecule has 2 aromatic rings. The molecule has 1 aliphatic carbocycles. The van der Waals surface area contributed by atoms with Gasteiger partial charge in [-0.1, -0.05) is 39.5 Å². The van der Waals surface area contributed by atoms with E-state index >= 15 is 0 Å². The van der Waals surface area contributed by atoms with Crippen LogP contribution in [0.1, 0.15) is 64.0 Å². The van der Waals surface area contributed by atoms with Crippen molar-refractivity contribution in [3.05, 3.63) is 30.2 Å². The van der Waals surface area contributed by atoms with E-state index in [1.54, 1.807) is 0 Å². The van der Waals surface area contributed by atoms with E-state index < -0.39 is 0 Å². The number of nitrogens with zero attached hydrogens (tertiary/aromatic N) is 2. The molecule has 0 radical (unpaired) electrons. The lowest BCUT2D eigenvalue weighted by atomic mass is 10.0. The van der Waals surface area contributed by atoms with E-state index in [0.717, 1.165) is 5.82 Å². The van der Waals surface area contributed by atoms with Crippen LogP contribution in [0.15, 0.2) is 24.5 Å². The van der Waals surface area contributed by atoms with Crippen LogP contribution in [-0.4, -0.2) is 21.2 Å². The lowest BCUT2D eigenvalue weighted by molar-refractivity contribution is 0.618. The molecule has 0 bridgehead atoms. The molecule has 4 heteroatoms. The molecule has 4 nitrogen and oxygen atoms in total. The van der Waals surface area contributed by atoms with Gasteiger partial charge in [0.25, 0.3) is 0 Å². The highest BCUT2D eigenvalue weighted by molar-refractivity contribution is 5.68. The SMILES string of the molecule is CC(C)c1[nH]ncc1-c1ccnc(NC2CCCCCC2)c1. The van der Waals surface area contributed by atoms with E-state index in [1.807, 2.05) is 12.4 Å². The largest absolute Gasteiger partial charge is 0.367 e. The Morgan fingerprint density at radius 2 is 1.95 bits per heavy atom. The van der Waals surface area contributed by atoms with Gasteiger partial charge in [0.2, 0.25) is 0 Å². The predicted molar refractivity (Wildman–Crippen MR) is 91.0 cm³/mol. The van der Waals surface area contributed by atoms with Crippen LogP contribution in [0.3, 0.4) is 0 Å². The fraction of sp³-hybridized carbons (Fsp3) is 0.556. The van der Waals surface area contributed by atoms with Crippen molar-refractivity contribution in [2.45, 2.75) is 64.3 Å². The van der Waals surface area contributed by atoms with Crippen molar-refractivity contribution in [3.8, 4) is 11.1 Å². The zero-order valence-electron chi connectivity index (χ0n) is 13.6. The van der Waals surface area contributed by atoms with Gasteiger partial charge in [-0.2, -0.15) is 5.10 Å². The molecule has 0 spiro atoms. The summed E-state index contributed by atoms with van der Waals surface area (Å²) in [6.07, 6.45) is 11.7. The van der Waals surface area contributed by atoms with E-state index in [4.69, 9.17) is 0 Å². The molecule has 0 saturated heterocycles. The second kappa shape index (κ2) is 6.95. The van der Waals surface area contributed by atoms with Crippen LogP contribution in [0.2, 0.25) is 0 Å². The molecule has 0 amide bonds. The van der Waals surface area contributed by atoms with Gasteiger partial charge in [0.15, 0.2) is 0 Å². The summed E-state index contributed by atoms with van der Waals surface area (Å²) in [5.41, 5.74) is 3.55. The Labute approximate surface area is 132 Å². The molecule has 0 aromatic carbocycles. The number of rotatable bonds is 4. The quantitative estimate of drug-likeness (QED) is 0.802. The van der Waals surface area contributed by atoms with Crippen molar-refractivity contribution in [2.75, 3.05) is 5.32 Å². The predicted octanol–water partition coefficient (Wildman–Crippen LogP) is 4.73. The maximum atomic E-state index is 4.51. The number of pyridine rings is 1. The van der Waals surface area contributed by atoms with Crippen LogP contribution >= 0.6 is 0 Å². The average molecular weight is 298 g/mol. The number of hydrogen-bond acceptors (Lipinski definition) is 3. The monoisotopic (exact) mass is 298 g/mol. The van der Waals surface area contributed by atoms with Gasteiger partial charge in [0, 0.05) is 23.5 Å². The number of aromatic nitrogens is 3. The normalized spacial score (nSPS) is 16.7.